The van der Waals surface area contributed by atoms with Crippen LogP contribution in [-0.2, 0) is 16.6 Å². The summed E-state index contributed by atoms with van der Waals surface area (Å²) in [5.41, 5.74) is 8.70. The van der Waals surface area contributed by atoms with Crippen LogP contribution in [0.1, 0.15) is 16.7 Å². The van der Waals surface area contributed by atoms with Crippen LogP contribution in [0.4, 0.5) is 5.69 Å². The molecule has 0 saturated carbocycles. The fourth-order valence-corrected chi connectivity index (χ4v) is 3.87. The molecule has 0 aliphatic rings. The highest BCUT2D eigenvalue weighted by Gasteiger charge is 2.18. The van der Waals surface area contributed by atoms with Gasteiger partial charge in [-0.1, -0.05) is 28.1 Å². The highest BCUT2D eigenvalue weighted by molar-refractivity contribution is 9.10. The largest absolute Gasteiger partial charge is 0.326 e. The molecular formula is C15H17BrN2O2S. The Bertz CT molecular complexity index is 773. The van der Waals surface area contributed by atoms with Crippen LogP contribution in [0.2, 0.25) is 0 Å². The number of nitrogens with two attached hydrogens (primary N) is 1. The lowest BCUT2D eigenvalue weighted by Gasteiger charge is -2.13. The number of benzene rings is 2. The summed E-state index contributed by atoms with van der Waals surface area (Å²) >= 11 is 3.32. The van der Waals surface area contributed by atoms with Crippen molar-refractivity contribution in [2.75, 3.05) is 4.72 Å². The zero-order valence-electron chi connectivity index (χ0n) is 11.9. The van der Waals surface area contributed by atoms with E-state index in [9.17, 15) is 8.42 Å². The second-order valence-electron chi connectivity index (χ2n) is 4.86. The van der Waals surface area contributed by atoms with E-state index in [1.807, 2.05) is 19.1 Å². The van der Waals surface area contributed by atoms with Gasteiger partial charge in [0.05, 0.1) is 4.90 Å². The van der Waals surface area contributed by atoms with Crippen molar-refractivity contribution < 1.29 is 8.42 Å². The summed E-state index contributed by atoms with van der Waals surface area (Å²) < 4.78 is 28.5. The first-order valence-corrected chi connectivity index (χ1v) is 8.69. The van der Waals surface area contributed by atoms with E-state index in [-0.39, 0.29) is 4.90 Å². The molecule has 0 aromatic heterocycles. The molecule has 4 nitrogen and oxygen atoms in total. The molecule has 2 aromatic rings. The molecule has 0 atom stereocenters. The molecule has 0 aliphatic heterocycles. The third-order valence-electron chi connectivity index (χ3n) is 3.22. The summed E-state index contributed by atoms with van der Waals surface area (Å²) in [5, 5.41) is 0. The predicted octanol–water partition coefficient (Wildman–Crippen LogP) is 3.33. The Morgan fingerprint density at radius 2 is 1.86 bits per heavy atom. The Labute approximate surface area is 133 Å². The molecule has 21 heavy (non-hydrogen) atoms. The van der Waals surface area contributed by atoms with Crippen molar-refractivity contribution in [1.29, 1.82) is 0 Å². The van der Waals surface area contributed by atoms with Crippen LogP contribution in [0.15, 0.2) is 45.8 Å². The number of rotatable bonds is 4. The molecule has 0 radical (unpaired) electrons. The Kier molecular flexibility index (Phi) is 4.70. The maximum Gasteiger partial charge on any atom is 0.262 e. The minimum atomic E-state index is -3.64. The van der Waals surface area contributed by atoms with Crippen LogP contribution in [0.5, 0.6) is 0 Å². The van der Waals surface area contributed by atoms with Gasteiger partial charge in [-0.2, -0.15) is 0 Å². The lowest BCUT2D eigenvalue weighted by Crippen LogP contribution is -2.15. The van der Waals surface area contributed by atoms with Gasteiger partial charge in [-0.25, -0.2) is 8.42 Å². The summed E-state index contributed by atoms with van der Waals surface area (Å²) in [6.45, 7) is 4.02. The number of halogens is 1. The van der Waals surface area contributed by atoms with Crippen molar-refractivity contribution in [3.8, 4) is 0 Å². The Balaban J connectivity index is 2.44. The van der Waals surface area contributed by atoms with Gasteiger partial charge in [0.2, 0.25) is 0 Å². The molecule has 0 spiro atoms. The zero-order valence-corrected chi connectivity index (χ0v) is 14.3. The van der Waals surface area contributed by atoms with E-state index in [1.165, 1.54) is 0 Å². The van der Waals surface area contributed by atoms with Crippen molar-refractivity contribution in [1.82, 2.24) is 0 Å². The van der Waals surface area contributed by atoms with E-state index in [0.29, 0.717) is 17.8 Å². The van der Waals surface area contributed by atoms with Crippen LogP contribution in [0.25, 0.3) is 0 Å². The molecule has 3 N–H and O–H groups in total. The summed E-state index contributed by atoms with van der Waals surface area (Å²) in [4.78, 5) is 0.258. The molecule has 0 fully saturated rings. The van der Waals surface area contributed by atoms with Gasteiger partial charge in [-0.05, 0) is 54.8 Å². The number of hydrogen-bond acceptors (Lipinski definition) is 3. The lowest BCUT2D eigenvalue weighted by atomic mass is 10.1. The van der Waals surface area contributed by atoms with Gasteiger partial charge in [0, 0.05) is 16.7 Å². The Hall–Kier alpha value is -1.37. The number of nitrogens with one attached hydrogen (secondary N) is 1. The van der Waals surface area contributed by atoms with Gasteiger partial charge in [0.25, 0.3) is 10.0 Å². The van der Waals surface area contributed by atoms with E-state index >= 15 is 0 Å². The fourth-order valence-electron chi connectivity index (χ4n) is 2.15. The molecule has 0 aliphatic carbocycles. The average molecular weight is 369 g/mol. The number of anilines is 1. The maximum atomic E-state index is 12.5. The second-order valence-corrected chi connectivity index (χ2v) is 7.43. The van der Waals surface area contributed by atoms with Crippen molar-refractivity contribution in [3.63, 3.8) is 0 Å². The molecule has 112 valence electrons. The quantitative estimate of drug-likeness (QED) is 0.869. The number of hydrogen-bond donors (Lipinski definition) is 2. The van der Waals surface area contributed by atoms with Crippen LogP contribution in [0, 0.1) is 13.8 Å². The molecule has 0 heterocycles. The maximum absolute atomic E-state index is 12.5. The van der Waals surface area contributed by atoms with Gasteiger partial charge in [0.15, 0.2) is 0 Å². The first-order valence-electron chi connectivity index (χ1n) is 6.42. The molecule has 6 heteroatoms. The third kappa shape index (κ3) is 3.64. The minimum absolute atomic E-state index is 0.258. The van der Waals surface area contributed by atoms with E-state index < -0.39 is 10.0 Å². The SMILES string of the molecule is Cc1cc(C)c(S(=O)(=O)Nc2cccc(Br)c2)cc1CN. The number of sulfonamides is 1. The van der Waals surface area contributed by atoms with Crippen LogP contribution in [0.3, 0.4) is 0 Å². The van der Waals surface area contributed by atoms with E-state index in [0.717, 1.165) is 15.6 Å². The Morgan fingerprint density at radius 1 is 1.14 bits per heavy atom. The van der Waals surface area contributed by atoms with Crippen LogP contribution < -0.4 is 10.5 Å². The molecule has 0 bridgehead atoms. The monoisotopic (exact) mass is 368 g/mol. The van der Waals surface area contributed by atoms with Crippen molar-refractivity contribution in [2.45, 2.75) is 25.3 Å². The normalized spacial score (nSPS) is 11.4. The highest BCUT2D eigenvalue weighted by atomic mass is 79.9. The minimum Gasteiger partial charge on any atom is -0.326 e. The van der Waals surface area contributed by atoms with Gasteiger partial charge in [-0.15, -0.1) is 0 Å². The van der Waals surface area contributed by atoms with E-state index in [4.69, 9.17) is 5.73 Å². The molecular weight excluding hydrogens is 352 g/mol. The average Bonchev–Trinajstić information content (AvgIpc) is 2.37. The summed E-state index contributed by atoms with van der Waals surface area (Å²) in [6, 6.07) is 10.5. The van der Waals surface area contributed by atoms with Crippen molar-refractivity contribution in [3.05, 3.63) is 57.6 Å². The molecule has 2 aromatic carbocycles. The first kappa shape index (κ1) is 16.0. The van der Waals surface area contributed by atoms with Gasteiger partial charge in [-0.3, -0.25) is 4.72 Å². The van der Waals surface area contributed by atoms with Crippen molar-refractivity contribution >= 4 is 31.6 Å². The molecule has 0 saturated heterocycles. The Morgan fingerprint density at radius 3 is 2.48 bits per heavy atom. The first-order chi connectivity index (χ1) is 9.83. The predicted molar refractivity (Wildman–Crippen MR) is 88.8 cm³/mol. The molecule has 0 unspecified atom stereocenters. The number of aryl methyl sites for hydroxylation is 2. The smallest absolute Gasteiger partial charge is 0.262 e. The molecule has 0 amide bonds. The fraction of sp³-hybridized carbons (Fsp3) is 0.200. The zero-order chi connectivity index (χ0) is 15.6. The topological polar surface area (TPSA) is 72.2 Å². The van der Waals surface area contributed by atoms with Gasteiger partial charge < -0.3 is 5.73 Å². The van der Waals surface area contributed by atoms with Crippen LogP contribution >= 0.6 is 15.9 Å². The lowest BCUT2D eigenvalue weighted by molar-refractivity contribution is 0.600. The highest BCUT2D eigenvalue weighted by Crippen LogP contribution is 2.24. The summed E-state index contributed by atoms with van der Waals surface area (Å²) in [7, 11) is -3.64. The second kappa shape index (κ2) is 6.17. The summed E-state index contributed by atoms with van der Waals surface area (Å²) in [6.07, 6.45) is 0. The van der Waals surface area contributed by atoms with Crippen LogP contribution in [-0.4, -0.2) is 8.42 Å². The van der Waals surface area contributed by atoms with Crippen molar-refractivity contribution in [2.24, 2.45) is 5.73 Å². The summed E-state index contributed by atoms with van der Waals surface area (Å²) in [5.74, 6) is 0. The third-order valence-corrected chi connectivity index (χ3v) is 5.24. The molecule has 2 rings (SSSR count). The van der Waals surface area contributed by atoms with E-state index in [1.54, 1.807) is 31.2 Å². The van der Waals surface area contributed by atoms with E-state index in [2.05, 4.69) is 20.7 Å². The van der Waals surface area contributed by atoms with Gasteiger partial charge >= 0.3 is 0 Å². The standard InChI is InChI=1S/C15H17BrN2O2S/c1-10-6-11(2)15(7-12(10)9-17)21(19,20)18-14-5-3-4-13(16)8-14/h3-8,18H,9,17H2,1-2H3. The van der Waals surface area contributed by atoms with Gasteiger partial charge in [0.1, 0.15) is 0 Å².